The van der Waals surface area contributed by atoms with Crippen molar-refractivity contribution in [2.75, 3.05) is 23.9 Å². The number of methoxy groups -OCH3 is 1. The minimum absolute atomic E-state index is 0.0928. The number of halogens is 1. The molecule has 1 heterocycles. The fraction of sp³-hybridized carbons (Fsp3) is 0.462. The molecule has 110 valence electrons. The van der Waals surface area contributed by atoms with Gasteiger partial charge in [-0.05, 0) is 31.0 Å². The highest BCUT2D eigenvalue weighted by molar-refractivity contribution is 7.91. The van der Waals surface area contributed by atoms with Crippen LogP contribution in [0.25, 0.3) is 0 Å². The number of hydrogen-bond donors (Lipinski definition) is 1. The van der Waals surface area contributed by atoms with Gasteiger partial charge in [-0.15, -0.1) is 0 Å². The molecule has 1 N–H and O–H groups in total. The van der Waals surface area contributed by atoms with Crippen LogP contribution < -0.4 is 5.32 Å². The van der Waals surface area contributed by atoms with E-state index in [1.165, 1.54) is 25.3 Å². The van der Waals surface area contributed by atoms with Gasteiger partial charge >= 0.3 is 5.97 Å². The number of ether oxygens (including phenoxy) is 1. The third-order valence-corrected chi connectivity index (χ3v) is 5.12. The topological polar surface area (TPSA) is 72.5 Å². The van der Waals surface area contributed by atoms with E-state index in [0.717, 1.165) is 0 Å². The summed E-state index contributed by atoms with van der Waals surface area (Å²) in [6.07, 6.45) is 0.219. The Labute approximate surface area is 117 Å². The van der Waals surface area contributed by atoms with Crippen molar-refractivity contribution < 1.29 is 22.3 Å². The van der Waals surface area contributed by atoms with E-state index in [2.05, 4.69) is 5.32 Å². The number of esters is 1. The lowest BCUT2D eigenvalue weighted by Gasteiger charge is -2.35. The zero-order valence-electron chi connectivity index (χ0n) is 11.1. The van der Waals surface area contributed by atoms with Gasteiger partial charge in [-0.3, -0.25) is 0 Å². The SMILES string of the molecule is COC(=O)C1(Nc2cccc(F)c2)CCS(=O)(=O)CC1. The lowest BCUT2D eigenvalue weighted by atomic mass is 9.91. The number of anilines is 1. The van der Waals surface area contributed by atoms with Gasteiger partial charge < -0.3 is 10.1 Å². The third kappa shape index (κ3) is 3.09. The van der Waals surface area contributed by atoms with Crippen molar-refractivity contribution >= 4 is 21.5 Å². The zero-order valence-corrected chi connectivity index (χ0v) is 11.9. The van der Waals surface area contributed by atoms with Crippen molar-refractivity contribution in [2.24, 2.45) is 0 Å². The first-order valence-electron chi connectivity index (χ1n) is 6.19. The van der Waals surface area contributed by atoms with Crippen LogP contribution in [-0.2, 0) is 19.4 Å². The van der Waals surface area contributed by atoms with Gasteiger partial charge in [0, 0.05) is 5.69 Å². The quantitative estimate of drug-likeness (QED) is 0.853. The Kier molecular flexibility index (Phi) is 3.99. The summed E-state index contributed by atoms with van der Waals surface area (Å²) in [4.78, 5) is 12.0. The molecule has 5 nitrogen and oxygen atoms in total. The van der Waals surface area contributed by atoms with Crippen LogP contribution in [0.5, 0.6) is 0 Å². The lowest BCUT2D eigenvalue weighted by Crippen LogP contribution is -2.52. The molecule has 1 aromatic rings. The van der Waals surface area contributed by atoms with Crippen LogP contribution in [0.3, 0.4) is 0 Å². The van der Waals surface area contributed by atoms with E-state index < -0.39 is 27.2 Å². The molecule has 1 aromatic carbocycles. The molecular formula is C13H16FNO4S. The third-order valence-electron chi connectivity index (χ3n) is 3.46. The summed E-state index contributed by atoms with van der Waals surface area (Å²) in [6.45, 7) is 0. The second kappa shape index (κ2) is 5.40. The summed E-state index contributed by atoms with van der Waals surface area (Å²) in [5.74, 6) is -1.15. The average Bonchev–Trinajstić information content (AvgIpc) is 2.41. The van der Waals surface area contributed by atoms with Crippen LogP contribution in [0.4, 0.5) is 10.1 Å². The summed E-state index contributed by atoms with van der Waals surface area (Å²) in [5, 5.41) is 2.94. The maximum atomic E-state index is 13.2. The molecule has 1 aliphatic rings. The Morgan fingerprint density at radius 2 is 2.00 bits per heavy atom. The van der Waals surface area contributed by atoms with E-state index in [1.807, 2.05) is 0 Å². The molecule has 0 bridgehead atoms. The summed E-state index contributed by atoms with van der Waals surface area (Å²) < 4.78 is 41.0. The Morgan fingerprint density at radius 3 is 2.55 bits per heavy atom. The van der Waals surface area contributed by atoms with Gasteiger partial charge in [-0.2, -0.15) is 0 Å². The molecule has 0 amide bonds. The number of nitrogens with one attached hydrogen (secondary N) is 1. The normalized spacial score (nSPS) is 20.1. The first-order valence-corrected chi connectivity index (χ1v) is 8.02. The first-order chi connectivity index (χ1) is 9.37. The van der Waals surface area contributed by atoms with Crippen molar-refractivity contribution in [1.82, 2.24) is 0 Å². The highest BCUT2D eigenvalue weighted by atomic mass is 32.2. The monoisotopic (exact) mass is 301 g/mol. The maximum Gasteiger partial charge on any atom is 0.331 e. The Bertz CT molecular complexity index is 601. The van der Waals surface area contributed by atoms with Crippen molar-refractivity contribution in [2.45, 2.75) is 18.4 Å². The minimum atomic E-state index is -3.12. The van der Waals surface area contributed by atoms with E-state index in [1.54, 1.807) is 6.07 Å². The largest absolute Gasteiger partial charge is 0.467 e. The van der Waals surface area contributed by atoms with Gasteiger partial charge in [0.2, 0.25) is 0 Å². The maximum absolute atomic E-state index is 13.2. The molecule has 0 spiro atoms. The highest BCUT2D eigenvalue weighted by Crippen LogP contribution is 2.29. The number of carbonyl (C=O) groups excluding carboxylic acids is 1. The van der Waals surface area contributed by atoms with Crippen LogP contribution >= 0.6 is 0 Å². The van der Waals surface area contributed by atoms with Crippen LogP contribution in [0.2, 0.25) is 0 Å². The molecule has 0 aliphatic carbocycles. The molecule has 1 saturated heterocycles. The zero-order chi connectivity index (χ0) is 14.8. The second-order valence-corrected chi connectivity index (χ2v) is 7.16. The van der Waals surface area contributed by atoms with E-state index in [0.29, 0.717) is 5.69 Å². The Balaban J connectivity index is 2.27. The first kappa shape index (κ1) is 14.8. The summed E-state index contributed by atoms with van der Waals surface area (Å²) in [6, 6.07) is 5.69. The van der Waals surface area contributed by atoms with Crippen molar-refractivity contribution in [3.05, 3.63) is 30.1 Å². The molecule has 0 atom stereocenters. The predicted octanol–water partition coefficient (Wildman–Crippen LogP) is 1.36. The summed E-state index contributed by atoms with van der Waals surface area (Å²) >= 11 is 0. The second-order valence-electron chi connectivity index (χ2n) is 4.86. The Hall–Kier alpha value is -1.63. The Morgan fingerprint density at radius 1 is 1.35 bits per heavy atom. The molecule has 7 heteroatoms. The van der Waals surface area contributed by atoms with Crippen LogP contribution in [0.15, 0.2) is 24.3 Å². The molecule has 20 heavy (non-hydrogen) atoms. The average molecular weight is 301 g/mol. The number of hydrogen-bond acceptors (Lipinski definition) is 5. The van der Waals surface area contributed by atoms with E-state index >= 15 is 0 Å². The molecule has 1 aliphatic heterocycles. The summed E-state index contributed by atoms with van der Waals surface area (Å²) in [5.41, 5.74) is -0.692. The lowest BCUT2D eigenvalue weighted by molar-refractivity contribution is -0.146. The molecule has 0 saturated carbocycles. The predicted molar refractivity (Wildman–Crippen MR) is 72.7 cm³/mol. The van der Waals surface area contributed by atoms with Gasteiger partial charge in [-0.1, -0.05) is 6.07 Å². The van der Waals surface area contributed by atoms with Crippen LogP contribution in [0, 0.1) is 5.82 Å². The fourth-order valence-electron chi connectivity index (χ4n) is 2.30. The van der Waals surface area contributed by atoms with Gasteiger partial charge in [0.05, 0.1) is 18.6 Å². The molecule has 1 fully saturated rings. The van der Waals surface area contributed by atoms with E-state index in [-0.39, 0.29) is 24.3 Å². The molecule has 0 radical (unpaired) electrons. The fourth-order valence-corrected chi connectivity index (χ4v) is 3.83. The number of carbonyl (C=O) groups is 1. The smallest absolute Gasteiger partial charge is 0.331 e. The van der Waals surface area contributed by atoms with E-state index in [9.17, 15) is 17.6 Å². The molecule has 0 unspecified atom stereocenters. The van der Waals surface area contributed by atoms with Crippen LogP contribution in [0.1, 0.15) is 12.8 Å². The standard InChI is InChI=1S/C13H16FNO4S/c1-19-12(16)13(5-7-20(17,18)8-6-13)15-11-4-2-3-10(14)9-11/h2-4,9,15H,5-8H2,1H3. The van der Waals surface area contributed by atoms with Crippen molar-refractivity contribution in [3.63, 3.8) is 0 Å². The van der Waals surface area contributed by atoms with E-state index in [4.69, 9.17) is 4.74 Å². The van der Waals surface area contributed by atoms with Crippen molar-refractivity contribution in [3.8, 4) is 0 Å². The number of sulfone groups is 1. The van der Waals surface area contributed by atoms with Gasteiger partial charge in [0.1, 0.15) is 11.4 Å². The van der Waals surface area contributed by atoms with Crippen LogP contribution in [-0.4, -0.2) is 38.5 Å². The molecule has 0 aromatic heterocycles. The van der Waals surface area contributed by atoms with Gasteiger partial charge in [0.25, 0.3) is 0 Å². The molecular weight excluding hydrogens is 285 g/mol. The minimum Gasteiger partial charge on any atom is -0.467 e. The van der Waals surface area contributed by atoms with Gasteiger partial charge in [-0.25, -0.2) is 17.6 Å². The summed E-state index contributed by atoms with van der Waals surface area (Å²) in [7, 11) is -1.87. The number of benzene rings is 1. The highest BCUT2D eigenvalue weighted by Gasteiger charge is 2.44. The van der Waals surface area contributed by atoms with Crippen molar-refractivity contribution in [1.29, 1.82) is 0 Å². The molecule has 2 rings (SSSR count). The van der Waals surface area contributed by atoms with Gasteiger partial charge in [0.15, 0.2) is 9.84 Å². The number of rotatable bonds is 3.